The van der Waals surface area contributed by atoms with E-state index in [1.54, 1.807) is 13.4 Å². The van der Waals surface area contributed by atoms with Crippen LogP contribution in [0.2, 0.25) is 5.02 Å². The van der Waals surface area contributed by atoms with Gasteiger partial charge in [0.05, 0.1) is 7.11 Å². The fourth-order valence-electron chi connectivity index (χ4n) is 2.47. The Kier molecular flexibility index (Phi) is 6.28. The maximum atomic E-state index is 5.90. The molecule has 6 heteroatoms. The van der Waals surface area contributed by atoms with E-state index in [1.165, 1.54) is 5.56 Å². The van der Waals surface area contributed by atoms with Crippen LogP contribution in [0.5, 0.6) is 5.75 Å². The van der Waals surface area contributed by atoms with Gasteiger partial charge in [0.15, 0.2) is 0 Å². The molecule has 0 atom stereocenters. The van der Waals surface area contributed by atoms with Crippen LogP contribution in [0.3, 0.4) is 0 Å². The molecule has 134 valence electrons. The number of rotatable bonds is 8. The molecule has 0 aliphatic rings. The van der Waals surface area contributed by atoms with Gasteiger partial charge in [-0.2, -0.15) is 0 Å². The summed E-state index contributed by atoms with van der Waals surface area (Å²) < 4.78 is 5.17. The quantitative estimate of drug-likeness (QED) is 0.617. The molecule has 1 heterocycles. The lowest BCUT2D eigenvalue weighted by Gasteiger charge is -2.09. The average molecular weight is 369 g/mol. The molecule has 0 saturated carbocycles. The van der Waals surface area contributed by atoms with E-state index in [0.717, 1.165) is 40.9 Å². The van der Waals surface area contributed by atoms with Crippen LogP contribution in [0.4, 0.5) is 11.6 Å². The number of halogens is 1. The van der Waals surface area contributed by atoms with Crippen LogP contribution >= 0.6 is 11.6 Å². The highest BCUT2D eigenvalue weighted by Crippen LogP contribution is 2.14. The molecule has 0 spiro atoms. The third kappa shape index (κ3) is 5.36. The van der Waals surface area contributed by atoms with Gasteiger partial charge in [0.25, 0.3) is 0 Å². The Bertz CT molecular complexity index is 822. The summed E-state index contributed by atoms with van der Waals surface area (Å²) in [4.78, 5) is 8.53. The standard InChI is InChI=1S/C20H21ClN4O/c1-26-18-8-4-16(5-9-18)13-23-20-12-19(24-14-25-20)22-11-10-15-2-6-17(21)7-3-15/h2-9,12,14H,10-11,13H2,1H3,(H2,22,23,24,25). The van der Waals surface area contributed by atoms with Crippen molar-refractivity contribution in [2.75, 3.05) is 24.3 Å². The highest BCUT2D eigenvalue weighted by Gasteiger charge is 2.00. The fourth-order valence-corrected chi connectivity index (χ4v) is 2.60. The van der Waals surface area contributed by atoms with Crippen LogP contribution in [-0.2, 0) is 13.0 Å². The Morgan fingerprint density at radius 1 is 0.885 bits per heavy atom. The second-order valence-electron chi connectivity index (χ2n) is 5.79. The SMILES string of the molecule is COc1ccc(CNc2cc(NCCc3ccc(Cl)cc3)ncn2)cc1. The second-order valence-corrected chi connectivity index (χ2v) is 6.23. The molecule has 26 heavy (non-hydrogen) atoms. The third-order valence-corrected chi connectivity index (χ3v) is 4.18. The lowest BCUT2D eigenvalue weighted by molar-refractivity contribution is 0.414. The normalized spacial score (nSPS) is 10.4. The lowest BCUT2D eigenvalue weighted by Crippen LogP contribution is -2.08. The van der Waals surface area contributed by atoms with Gasteiger partial charge >= 0.3 is 0 Å². The van der Waals surface area contributed by atoms with E-state index in [-0.39, 0.29) is 0 Å². The van der Waals surface area contributed by atoms with Gasteiger partial charge in [-0.15, -0.1) is 0 Å². The summed E-state index contributed by atoms with van der Waals surface area (Å²) in [6, 6.07) is 17.7. The zero-order chi connectivity index (χ0) is 18.2. The molecule has 0 radical (unpaired) electrons. The minimum absolute atomic E-state index is 0.686. The number of aromatic nitrogens is 2. The van der Waals surface area contributed by atoms with E-state index in [1.807, 2.05) is 54.6 Å². The fraction of sp³-hybridized carbons (Fsp3) is 0.200. The summed E-state index contributed by atoms with van der Waals surface area (Å²) in [7, 11) is 1.66. The number of ether oxygens (including phenoxy) is 1. The first-order chi connectivity index (χ1) is 12.7. The number of nitrogens with zero attached hydrogens (tertiary/aromatic N) is 2. The van der Waals surface area contributed by atoms with Crippen molar-refractivity contribution < 1.29 is 4.74 Å². The molecule has 5 nitrogen and oxygen atoms in total. The summed E-state index contributed by atoms with van der Waals surface area (Å²) >= 11 is 5.90. The van der Waals surface area contributed by atoms with Crippen LogP contribution in [0.15, 0.2) is 60.9 Å². The molecular formula is C20H21ClN4O. The molecule has 0 amide bonds. The first-order valence-corrected chi connectivity index (χ1v) is 8.78. The van der Waals surface area contributed by atoms with E-state index in [4.69, 9.17) is 16.3 Å². The van der Waals surface area contributed by atoms with Gasteiger partial charge in [-0.25, -0.2) is 9.97 Å². The first-order valence-electron chi connectivity index (χ1n) is 8.40. The van der Waals surface area contributed by atoms with Crippen LogP contribution in [-0.4, -0.2) is 23.6 Å². The van der Waals surface area contributed by atoms with Gasteiger partial charge in [-0.1, -0.05) is 35.9 Å². The predicted molar refractivity (Wildman–Crippen MR) is 106 cm³/mol. The van der Waals surface area contributed by atoms with Crippen molar-refractivity contribution in [1.29, 1.82) is 0 Å². The van der Waals surface area contributed by atoms with Gasteiger partial charge in [0.1, 0.15) is 23.7 Å². The van der Waals surface area contributed by atoms with Crippen LogP contribution in [0, 0.1) is 0 Å². The molecule has 3 aromatic rings. The van der Waals surface area contributed by atoms with Crippen molar-refractivity contribution in [1.82, 2.24) is 9.97 Å². The lowest BCUT2D eigenvalue weighted by atomic mass is 10.1. The van der Waals surface area contributed by atoms with Crippen molar-refractivity contribution in [3.05, 3.63) is 77.1 Å². The molecular weight excluding hydrogens is 348 g/mol. The molecule has 2 aromatic carbocycles. The molecule has 1 aromatic heterocycles. The molecule has 0 aliphatic carbocycles. The Morgan fingerprint density at radius 2 is 1.54 bits per heavy atom. The number of nitrogens with one attached hydrogen (secondary N) is 2. The van der Waals surface area contributed by atoms with E-state index in [9.17, 15) is 0 Å². The van der Waals surface area contributed by atoms with Crippen molar-refractivity contribution in [3.63, 3.8) is 0 Å². The van der Waals surface area contributed by atoms with Gasteiger partial charge in [-0.05, 0) is 41.8 Å². The zero-order valence-electron chi connectivity index (χ0n) is 14.6. The average Bonchev–Trinajstić information content (AvgIpc) is 2.69. The van der Waals surface area contributed by atoms with E-state index < -0.39 is 0 Å². The largest absolute Gasteiger partial charge is 0.497 e. The van der Waals surface area contributed by atoms with Gasteiger partial charge in [-0.3, -0.25) is 0 Å². The maximum Gasteiger partial charge on any atom is 0.131 e. The molecule has 3 rings (SSSR count). The van der Waals surface area contributed by atoms with Gasteiger partial charge in [0, 0.05) is 24.2 Å². The monoisotopic (exact) mass is 368 g/mol. The Hall–Kier alpha value is -2.79. The Balaban J connectivity index is 1.49. The number of hydrogen-bond donors (Lipinski definition) is 2. The number of hydrogen-bond acceptors (Lipinski definition) is 5. The van der Waals surface area contributed by atoms with E-state index in [2.05, 4.69) is 20.6 Å². The minimum Gasteiger partial charge on any atom is -0.497 e. The first kappa shape index (κ1) is 18.0. The maximum absolute atomic E-state index is 5.90. The summed E-state index contributed by atoms with van der Waals surface area (Å²) in [5.41, 5.74) is 2.38. The minimum atomic E-state index is 0.686. The number of anilines is 2. The van der Waals surface area contributed by atoms with Gasteiger partial charge in [0.2, 0.25) is 0 Å². The topological polar surface area (TPSA) is 59.1 Å². The number of benzene rings is 2. The summed E-state index contributed by atoms with van der Waals surface area (Å²) in [6.45, 7) is 1.47. The third-order valence-electron chi connectivity index (χ3n) is 3.93. The van der Waals surface area contributed by atoms with Crippen molar-refractivity contribution in [2.24, 2.45) is 0 Å². The van der Waals surface area contributed by atoms with Crippen molar-refractivity contribution in [2.45, 2.75) is 13.0 Å². The smallest absolute Gasteiger partial charge is 0.131 e. The molecule has 0 fully saturated rings. The highest BCUT2D eigenvalue weighted by atomic mass is 35.5. The zero-order valence-corrected chi connectivity index (χ0v) is 15.3. The van der Waals surface area contributed by atoms with E-state index in [0.29, 0.717) is 6.54 Å². The summed E-state index contributed by atoms with van der Waals surface area (Å²) in [6.07, 6.45) is 2.46. The molecule has 0 aliphatic heterocycles. The second kappa shape index (κ2) is 9.06. The summed E-state index contributed by atoms with van der Waals surface area (Å²) in [5.74, 6) is 2.43. The molecule has 2 N–H and O–H groups in total. The Morgan fingerprint density at radius 3 is 2.23 bits per heavy atom. The molecule has 0 saturated heterocycles. The van der Waals surface area contributed by atoms with Crippen LogP contribution in [0.1, 0.15) is 11.1 Å². The molecule has 0 unspecified atom stereocenters. The van der Waals surface area contributed by atoms with Crippen LogP contribution in [0.25, 0.3) is 0 Å². The van der Waals surface area contributed by atoms with Crippen LogP contribution < -0.4 is 15.4 Å². The van der Waals surface area contributed by atoms with Crippen molar-refractivity contribution >= 4 is 23.2 Å². The summed E-state index contributed by atoms with van der Waals surface area (Å²) in [5, 5.41) is 7.38. The predicted octanol–water partition coefficient (Wildman–Crippen LogP) is 4.41. The van der Waals surface area contributed by atoms with Gasteiger partial charge < -0.3 is 15.4 Å². The Labute approximate surface area is 158 Å². The number of methoxy groups -OCH3 is 1. The van der Waals surface area contributed by atoms with E-state index >= 15 is 0 Å². The molecule has 0 bridgehead atoms. The van der Waals surface area contributed by atoms with Crippen molar-refractivity contribution in [3.8, 4) is 5.75 Å². The highest BCUT2D eigenvalue weighted by molar-refractivity contribution is 6.30.